The van der Waals surface area contributed by atoms with E-state index in [1.807, 2.05) is 0 Å². The van der Waals surface area contributed by atoms with Crippen molar-refractivity contribution in [2.75, 3.05) is 6.54 Å². The van der Waals surface area contributed by atoms with Gasteiger partial charge in [0.2, 0.25) is 5.91 Å². The van der Waals surface area contributed by atoms with Crippen LogP contribution in [0.1, 0.15) is 43.8 Å². The number of carbonyl (C=O) groups is 4. The van der Waals surface area contributed by atoms with Crippen molar-refractivity contribution in [3.63, 3.8) is 0 Å². The third kappa shape index (κ3) is 7.06. The summed E-state index contributed by atoms with van der Waals surface area (Å²) in [6, 6.07) is 8.64. The van der Waals surface area contributed by atoms with Crippen LogP contribution >= 0.6 is 22.9 Å². The van der Waals surface area contributed by atoms with Crippen LogP contribution in [0.15, 0.2) is 58.5 Å². The van der Waals surface area contributed by atoms with Crippen molar-refractivity contribution in [2.24, 2.45) is 0 Å². The topological polar surface area (TPSA) is 138 Å². The number of thiophene rings is 1. The van der Waals surface area contributed by atoms with Crippen molar-refractivity contribution in [1.29, 1.82) is 0 Å². The average molecular weight is 530 g/mol. The summed E-state index contributed by atoms with van der Waals surface area (Å²) in [4.78, 5) is 49.2. The Kier molecular flexibility index (Phi) is 9.04. The summed E-state index contributed by atoms with van der Waals surface area (Å²) in [6.07, 6.45) is 2.94. The van der Waals surface area contributed by atoms with Crippen LogP contribution < -0.4 is 16.0 Å². The lowest BCUT2D eigenvalue weighted by Crippen LogP contribution is -2.48. The second-order valence-corrected chi connectivity index (χ2v) is 9.20. The normalized spacial score (nSPS) is 12.0. The Morgan fingerprint density at radius 1 is 1.14 bits per heavy atom. The van der Waals surface area contributed by atoms with Crippen molar-refractivity contribution in [3.05, 3.63) is 86.5 Å². The smallest absolute Gasteiger partial charge is 0.328 e. The predicted octanol–water partition coefficient (Wildman–Crippen LogP) is 3.64. The summed E-state index contributed by atoms with van der Waals surface area (Å²) in [7, 11) is 0. The molecule has 3 amide bonds. The molecule has 1 atom stereocenters. The fourth-order valence-electron chi connectivity index (χ4n) is 3.34. The lowest BCUT2D eigenvalue weighted by atomic mass is 10.0. The standard InChI is InChI=1S/C25H24ClN3O6S/c1-14(19-5-3-7-35-19)10-21(30)27-12-16-9-15(2)22(17(26)11-16)24(32)29-18(25(33)34)13-28-23(31)20-6-4-8-36-20/h3-11,18H,12-13H2,1-2H3,(H,27,30)(H,28,31)(H,29,32)(H,33,34)/b14-10+/t18-/m0/s1. The van der Waals surface area contributed by atoms with E-state index in [0.717, 1.165) is 0 Å². The highest BCUT2D eigenvalue weighted by Gasteiger charge is 2.24. The molecule has 0 fully saturated rings. The molecule has 0 saturated carbocycles. The number of aliphatic carboxylic acids is 1. The summed E-state index contributed by atoms with van der Waals surface area (Å²) in [5.74, 6) is -2.16. The van der Waals surface area contributed by atoms with Gasteiger partial charge in [0.05, 0.1) is 21.7 Å². The number of allylic oxidation sites excluding steroid dienone is 1. The van der Waals surface area contributed by atoms with Gasteiger partial charge in [-0.3, -0.25) is 14.4 Å². The van der Waals surface area contributed by atoms with Gasteiger partial charge in [0.15, 0.2) is 0 Å². The van der Waals surface area contributed by atoms with E-state index < -0.39 is 23.8 Å². The van der Waals surface area contributed by atoms with Crippen LogP contribution in [-0.2, 0) is 16.1 Å². The number of aryl methyl sites for hydroxylation is 1. The van der Waals surface area contributed by atoms with Gasteiger partial charge >= 0.3 is 5.97 Å². The number of halogens is 1. The first-order valence-electron chi connectivity index (χ1n) is 10.8. The number of carboxylic acids is 1. The Morgan fingerprint density at radius 2 is 1.92 bits per heavy atom. The Balaban J connectivity index is 1.62. The zero-order valence-electron chi connectivity index (χ0n) is 19.5. The van der Waals surface area contributed by atoms with Crippen LogP contribution in [0.4, 0.5) is 0 Å². The molecule has 0 saturated heterocycles. The van der Waals surface area contributed by atoms with Gasteiger partial charge in [-0.25, -0.2) is 4.79 Å². The van der Waals surface area contributed by atoms with Crippen LogP contribution in [0.25, 0.3) is 5.57 Å². The van der Waals surface area contributed by atoms with Gasteiger partial charge in [0.25, 0.3) is 11.8 Å². The summed E-state index contributed by atoms with van der Waals surface area (Å²) >= 11 is 7.56. The van der Waals surface area contributed by atoms with E-state index in [1.165, 1.54) is 29.7 Å². The molecule has 9 nitrogen and oxygen atoms in total. The molecule has 0 aliphatic heterocycles. The number of rotatable bonds is 10. The van der Waals surface area contributed by atoms with E-state index in [-0.39, 0.29) is 29.6 Å². The molecular formula is C25H24ClN3O6S. The molecule has 0 bridgehead atoms. The van der Waals surface area contributed by atoms with Crippen molar-refractivity contribution in [3.8, 4) is 0 Å². The molecule has 36 heavy (non-hydrogen) atoms. The minimum atomic E-state index is -1.36. The fourth-order valence-corrected chi connectivity index (χ4v) is 4.35. The van der Waals surface area contributed by atoms with Gasteiger partial charge in [0, 0.05) is 19.2 Å². The lowest BCUT2D eigenvalue weighted by Gasteiger charge is -2.17. The van der Waals surface area contributed by atoms with Crippen LogP contribution in [0, 0.1) is 6.92 Å². The maximum absolute atomic E-state index is 12.8. The second kappa shape index (κ2) is 12.2. The highest BCUT2D eigenvalue weighted by molar-refractivity contribution is 7.12. The van der Waals surface area contributed by atoms with Crippen molar-refractivity contribution in [2.45, 2.75) is 26.4 Å². The maximum atomic E-state index is 12.8. The number of hydrogen-bond donors (Lipinski definition) is 4. The number of carboxylic acid groups (broad SMARTS) is 1. The van der Waals surface area contributed by atoms with Gasteiger partial charge < -0.3 is 25.5 Å². The van der Waals surface area contributed by atoms with E-state index in [9.17, 15) is 24.3 Å². The minimum Gasteiger partial charge on any atom is -0.480 e. The van der Waals surface area contributed by atoms with E-state index in [0.29, 0.717) is 27.3 Å². The second-order valence-electron chi connectivity index (χ2n) is 7.84. The Bertz CT molecular complexity index is 1260. The number of hydrogen-bond acceptors (Lipinski definition) is 6. The highest BCUT2D eigenvalue weighted by atomic mass is 35.5. The van der Waals surface area contributed by atoms with E-state index in [4.69, 9.17) is 16.0 Å². The average Bonchev–Trinajstić information content (AvgIpc) is 3.54. The van der Waals surface area contributed by atoms with Gasteiger partial charge in [-0.15, -0.1) is 11.3 Å². The first kappa shape index (κ1) is 26.7. The molecule has 188 valence electrons. The van der Waals surface area contributed by atoms with Crippen LogP contribution in [0.2, 0.25) is 5.02 Å². The number of furan rings is 1. The molecule has 2 aromatic heterocycles. The van der Waals surface area contributed by atoms with Crippen LogP contribution in [0.3, 0.4) is 0 Å². The molecule has 0 unspecified atom stereocenters. The summed E-state index contributed by atoms with van der Waals surface area (Å²) in [5, 5.41) is 19.0. The predicted molar refractivity (Wildman–Crippen MR) is 136 cm³/mol. The summed E-state index contributed by atoms with van der Waals surface area (Å²) in [6.45, 7) is 3.27. The number of carbonyl (C=O) groups excluding carboxylic acids is 3. The fraction of sp³-hybridized carbons (Fsp3) is 0.200. The number of nitrogens with one attached hydrogen (secondary N) is 3. The van der Waals surface area contributed by atoms with Crippen LogP contribution in [-0.4, -0.2) is 41.4 Å². The minimum absolute atomic E-state index is 0.103. The maximum Gasteiger partial charge on any atom is 0.328 e. The molecule has 0 radical (unpaired) electrons. The van der Waals surface area contributed by atoms with E-state index in [2.05, 4.69) is 16.0 Å². The summed E-state index contributed by atoms with van der Waals surface area (Å²) in [5.41, 5.74) is 1.93. The van der Waals surface area contributed by atoms with E-state index in [1.54, 1.807) is 49.6 Å². The molecule has 3 rings (SSSR count). The molecule has 0 aliphatic carbocycles. The van der Waals surface area contributed by atoms with E-state index >= 15 is 0 Å². The zero-order valence-corrected chi connectivity index (χ0v) is 21.0. The van der Waals surface area contributed by atoms with Crippen LogP contribution in [0.5, 0.6) is 0 Å². The van der Waals surface area contributed by atoms with Gasteiger partial charge in [-0.1, -0.05) is 23.7 Å². The van der Waals surface area contributed by atoms with Gasteiger partial charge in [-0.05, 0) is 60.2 Å². The van der Waals surface area contributed by atoms with Crippen molar-refractivity contribution in [1.82, 2.24) is 16.0 Å². The Labute approximate surface area is 216 Å². The monoisotopic (exact) mass is 529 g/mol. The molecule has 2 heterocycles. The Hall–Kier alpha value is -3.89. The summed E-state index contributed by atoms with van der Waals surface area (Å²) < 4.78 is 5.25. The lowest BCUT2D eigenvalue weighted by molar-refractivity contribution is -0.139. The molecule has 0 aliphatic rings. The van der Waals surface area contributed by atoms with Gasteiger partial charge in [-0.2, -0.15) is 0 Å². The molecule has 1 aromatic carbocycles. The molecule has 11 heteroatoms. The zero-order chi connectivity index (χ0) is 26.2. The van der Waals surface area contributed by atoms with Crippen molar-refractivity contribution < 1.29 is 28.7 Å². The largest absolute Gasteiger partial charge is 0.480 e. The highest BCUT2D eigenvalue weighted by Crippen LogP contribution is 2.23. The molecule has 0 spiro atoms. The van der Waals surface area contributed by atoms with Crippen molar-refractivity contribution >= 4 is 52.2 Å². The first-order valence-corrected chi connectivity index (χ1v) is 12.1. The number of amides is 3. The molecular weight excluding hydrogens is 506 g/mol. The third-order valence-electron chi connectivity index (χ3n) is 5.11. The third-order valence-corrected chi connectivity index (χ3v) is 6.28. The molecule has 3 aromatic rings. The Morgan fingerprint density at radius 3 is 2.53 bits per heavy atom. The first-order chi connectivity index (χ1) is 17.2. The molecule has 4 N–H and O–H groups in total. The SMILES string of the molecule is C/C(=C\C(=O)NCc1cc(C)c(C(=O)N[C@@H](CNC(=O)c2cccs2)C(=O)O)c(Cl)c1)c1ccco1. The number of benzene rings is 1. The quantitative estimate of drug-likeness (QED) is 0.296. The van der Waals surface area contributed by atoms with Gasteiger partial charge in [0.1, 0.15) is 11.8 Å².